The molecule has 0 amide bonds. The van der Waals surface area contributed by atoms with Crippen LogP contribution in [0.5, 0.6) is 5.75 Å². The molecular weight excluding hydrogens is 271 g/mol. The number of benzene rings is 2. The summed E-state index contributed by atoms with van der Waals surface area (Å²) >= 11 is 0. The van der Waals surface area contributed by atoms with E-state index in [-0.39, 0.29) is 0 Å². The second-order valence-electron chi connectivity index (χ2n) is 4.67. The minimum Gasteiger partial charge on any atom is -0.424 e. The molecule has 0 aromatic heterocycles. The molecule has 0 aliphatic rings. The van der Waals surface area contributed by atoms with Crippen molar-refractivity contribution >= 4 is 18.4 Å². The summed E-state index contributed by atoms with van der Waals surface area (Å²) in [6.07, 6.45) is 2.26. The van der Waals surface area contributed by atoms with E-state index < -0.39 is 7.60 Å². The van der Waals surface area contributed by atoms with Crippen LogP contribution in [0, 0.1) is 0 Å². The maximum atomic E-state index is 12.7. The maximum absolute atomic E-state index is 12.7. The first kappa shape index (κ1) is 15.1. The van der Waals surface area contributed by atoms with Gasteiger partial charge in [-0.3, -0.25) is 0 Å². The lowest BCUT2D eigenvalue weighted by atomic mass is 10.1. The summed E-state index contributed by atoms with van der Waals surface area (Å²) in [7, 11) is -3.06. The second kappa shape index (κ2) is 6.92. The van der Waals surface area contributed by atoms with Crippen LogP contribution in [0.4, 0.5) is 0 Å². The molecule has 3 nitrogen and oxygen atoms in total. The molecule has 0 fully saturated rings. The van der Waals surface area contributed by atoms with Gasteiger partial charge in [0.05, 0.1) is 12.8 Å². The van der Waals surface area contributed by atoms with Crippen LogP contribution in [-0.4, -0.2) is 12.8 Å². The molecule has 0 heterocycles. The van der Waals surface area contributed by atoms with Crippen LogP contribution in [0.25, 0.3) is 10.8 Å². The lowest BCUT2D eigenvalue weighted by molar-refractivity contribution is 0.279. The molecule has 2 aromatic rings. The van der Waals surface area contributed by atoms with Gasteiger partial charge in [-0.15, -0.1) is 0 Å². The molecule has 108 valence electrons. The second-order valence-corrected chi connectivity index (χ2v) is 6.78. The highest BCUT2D eigenvalue weighted by molar-refractivity contribution is 7.54. The fraction of sp³-hybridized carbons (Fsp3) is 0.375. The van der Waals surface area contributed by atoms with E-state index in [0.717, 1.165) is 23.6 Å². The van der Waals surface area contributed by atoms with Gasteiger partial charge in [-0.2, -0.15) is 0 Å². The molecule has 0 aliphatic carbocycles. The van der Waals surface area contributed by atoms with Crippen molar-refractivity contribution in [3.63, 3.8) is 0 Å². The predicted octanol–water partition coefficient (Wildman–Crippen LogP) is 5.25. The zero-order valence-electron chi connectivity index (χ0n) is 12.0. The monoisotopic (exact) mass is 292 g/mol. The molecule has 0 bridgehead atoms. The molecule has 2 aromatic carbocycles. The van der Waals surface area contributed by atoms with Gasteiger partial charge in [0.15, 0.2) is 0 Å². The minimum absolute atomic E-state index is 0.395. The Bertz CT molecular complexity index is 604. The van der Waals surface area contributed by atoms with Crippen molar-refractivity contribution in [1.82, 2.24) is 0 Å². The molecule has 0 saturated heterocycles. The van der Waals surface area contributed by atoms with Crippen molar-refractivity contribution in [1.29, 1.82) is 0 Å². The SMILES string of the molecule is CCCCP(=O)(OCC)Oc1cccc2ccccc12. The minimum atomic E-state index is -3.06. The third-order valence-corrected chi connectivity index (χ3v) is 5.09. The third kappa shape index (κ3) is 3.62. The van der Waals surface area contributed by atoms with E-state index in [9.17, 15) is 4.57 Å². The number of unbranched alkanes of at least 4 members (excludes halogenated alkanes) is 1. The number of hydrogen-bond donors (Lipinski definition) is 0. The largest absolute Gasteiger partial charge is 0.424 e. The molecule has 1 atom stereocenters. The van der Waals surface area contributed by atoms with Crippen molar-refractivity contribution in [3.8, 4) is 5.75 Å². The Morgan fingerprint density at radius 2 is 1.80 bits per heavy atom. The highest BCUT2D eigenvalue weighted by atomic mass is 31.2. The van der Waals surface area contributed by atoms with Gasteiger partial charge < -0.3 is 9.05 Å². The van der Waals surface area contributed by atoms with Crippen molar-refractivity contribution in [2.45, 2.75) is 26.7 Å². The van der Waals surface area contributed by atoms with Gasteiger partial charge in [0.2, 0.25) is 0 Å². The van der Waals surface area contributed by atoms with Crippen LogP contribution in [0.2, 0.25) is 0 Å². The van der Waals surface area contributed by atoms with E-state index in [0.29, 0.717) is 18.5 Å². The lowest BCUT2D eigenvalue weighted by Gasteiger charge is -2.19. The van der Waals surface area contributed by atoms with Crippen LogP contribution in [0.15, 0.2) is 42.5 Å². The van der Waals surface area contributed by atoms with E-state index in [2.05, 4.69) is 6.92 Å². The van der Waals surface area contributed by atoms with Crippen molar-refractivity contribution in [2.75, 3.05) is 12.8 Å². The first-order valence-electron chi connectivity index (χ1n) is 7.09. The zero-order valence-corrected chi connectivity index (χ0v) is 12.9. The van der Waals surface area contributed by atoms with Crippen LogP contribution in [-0.2, 0) is 9.09 Å². The Balaban J connectivity index is 2.31. The molecule has 2 rings (SSSR count). The van der Waals surface area contributed by atoms with Gasteiger partial charge in [0.25, 0.3) is 0 Å². The molecule has 0 spiro atoms. The molecule has 0 radical (unpaired) electrons. The Labute approximate surface area is 120 Å². The first-order chi connectivity index (χ1) is 9.68. The van der Waals surface area contributed by atoms with Crippen LogP contribution in [0.3, 0.4) is 0 Å². The Hall–Kier alpha value is -1.31. The summed E-state index contributed by atoms with van der Waals surface area (Å²) in [5.74, 6) is 0.635. The molecular formula is C16H21O3P. The smallest absolute Gasteiger partial charge is 0.379 e. The fourth-order valence-corrected chi connectivity index (χ4v) is 3.94. The fourth-order valence-electron chi connectivity index (χ4n) is 2.11. The van der Waals surface area contributed by atoms with Gasteiger partial charge in [-0.05, 0) is 24.8 Å². The summed E-state index contributed by atoms with van der Waals surface area (Å²) < 4.78 is 23.9. The van der Waals surface area contributed by atoms with Gasteiger partial charge in [-0.25, -0.2) is 4.57 Å². The average Bonchev–Trinajstić information content (AvgIpc) is 2.46. The topological polar surface area (TPSA) is 35.5 Å². The summed E-state index contributed by atoms with van der Waals surface area (Å²) in [4.78, 5) is 0. The first-order valence-corrected chi connectivity index (χ1v) is 8.82. The van der Waals surface area contributed by atoms with E-state index >= 15 is 0 Å². The van der Waals surface area contributed by atoms with Crippen LogP contribution >= 0.6 is 7.60 Å². The van der Waals surface area contributed by atoms with E-state index in [4.69, 9.17) is 9.05 Å². The van der Waals surface area contributed by atoms with Gasteiger partial charge in [0.1, 0.15) is 5.75 Å². The van der Waals surface area contributed by atoms with Crippen molar-refractivity contribution in [3.05, 3.63) is 42.5 Å². The Morgan fingerprint density at radius 3 is 2.55 bits per heavy atom. The molecule has 0 aliphatic heterocycles. The highest BCUT2D eigenvalue weighted by Crippen LogP contribution is 2.50. The van der Waals surface area contributed by atoms with E-state index in [1.165, 1.54) is 0 Å². The quantitative estimate of drug-likeness (QED) is 0.654. The third-order valence-electron chi connectivity index (χ3n) is 3.10. The van der Waals surface area contributed by atoms with Gasteiger partial charge in [0, 0.05) is 5.39 Å². The van der Waals surface area contributed by atoms with E-state index in [1.54, 1.807) is 0 Å². The van der Waals surface area contributed by atoms with Crippen LogP contribution < -0.4 is 4.52 Å². The van der Waals surface area contributed by atoms with Crippen molar-refractivity contribution < 1.29 is 13.6 Å². The summed E-state index contributed by atoms with van der Waals surface area (Å²) in [5, 5.41) is 2.04. The molecule has 4 heteroatoms. The summed E-state index contributed by atoms with van der Waals surface area (Å²) in [5.41, 5.74) is 0. The predicted molar refractivity (Wildman–Crippen MR) is 83.6 cm³/mol. The summed E-state index contributed by atoms with van der Waals surface area (Å²) in [6.45, 7) is 4.30. The van der Waals surface area contributed by atoms with Gasteiger partial charge in [-0.1, -0.05) is 49.7 Å². The number of rotatable bonds is 7. The maximum Gasteiger partial charge on any atom is 0.379 e. The molecule has 0 saturated carbocycles. The zero-order chi connectivity index (χ0) is 14.4. The Morgan fingerprint density at radius 1 is 1.05 bits per heavy atom. The highest BCUT2D eigenvalue weighted by Gasteiger charge is 2.25. The number of fused-ring (bicyclic) bond motifs is 1. The summed E-state index contributed by atoms with van der Waals surface area (Å²) in [6, 6.07) is 13.7. The van der Waals surface area contributed by atoms with Crippen molar-refractivity contribution in [2.24, 2.45) is 0 Å². The molecule has 0 N–H and O–H groups in total. The standard InChI is InChI=1S/C16H21O3P/c1-3-5-13-20(17,18-4-2)19-16-12-8-10-14-9-6-7-11-15(14)16/h6-12H,3-5,13H2,1-2H3. The molecule has 1 unspecified atom stereocenters. The van der Waals surface area contributed by atoms with Gasteiger partial charge >= 0.3 is 7.60 Å². The lowest BCUT2D eigenvalue weighted by Crippen LogP contribution is -2.03. The average molecular weight is 292 g/mol. The Kier molecular flexibility index (Phi) is 5.22. The van der Waals surface area contributed by atoms with E-state index in [1.807, 2.05) is 49.4 Å². The molecule has 20 heavy (non-hydrogen) atoms. The number of hydrogen-bond acceptors (Lipinski definition) is 3. The normalized spacial score (nSPS) is 14.1. The van der Waals surface area contributed by atoms with Crippen LogP contribution in [0.1, 0.15) is 26.7 Å².